The summed E-state index contributed by atoms with van der Waals surface area (Å²) in [5.74, 6) is -0.656. The van der Waals surface area contributed by atoms with Crippen molar-refractivity contribution >= 4 is 22.0 Å². The van der Waals surface area contributed by atoms with Crippen molar-refractivity contribution in [1.29, 1.82) is 0 Å². The lowest BCUT2D eigenvalue weighted by Crippen LogP contribution is -2.57. The van der Waals surface area contributed by atoms with Gasteiger partial charge in [0.15, 0.2) is 0 Å². The molecule has 3 aromatic rings. The SMILES string of the molecule is CC[C@H](C)[C@@H](C(=O)N[C@@H](Cc1ccccc1)[C@H](O)CN(CC(C)C)S(=O)(=O)c1ccc(CN=O)cc1)N1CCN(Cc2ccccn2)C1=O. The molecule has 4 rings (SSSR count). The summed E-state index contributed by atoms with van der Waals surface area (Å²) in [5, 5.41) is 17.7. The summed E-state index contributed by atoms with van der Waals surface area (Å²) in [5.41, 5.74) is 2.19. The van der Waals surface area contributed by atoms with Crippen molar-refractivity contribution < 1.29 is 23.1 Å². The van der Waals surface area contributed by atoms with E-state index in [2.05, 4.69) is 15.5 Å². The zero-order valence-corrected chi connectivity index (χ0v) is 29.5. The number of benzene rings is 2. The Kier molecular flexibility index (Phi) is 13.4. The summed E-state index contributed by atoms with van der Waals surface area (Å²) in [7, 11) is -4.06. The van der Waals surface area contributed by atoms with Gasteiger partial charge >= 0.3 is 6.03 Å². The van der Waals surface area contributed by atoms with Crippen LogP contribution in [0.5, 0.6) is 0 Å². The van der Waals surface area contributed by atoms with E-state index in [1.54, 1.807) is 28.1 Å². The lowest BCUT2D eigenvalue weighted by atomic mass is 9.95. The fourth-order valence-electron chi connectivity index (χ4n) is 6.05. The Morgan fingerprint density at radius 3 is 2.29 bits per heavy atom. The predicted octanol–water partition coefficient (Wildman–Crippen LogP) is 4.44. The molecule has 264 valence electrons. The molecule has 4 atom stereocenters. The van der Waals surface area contributed by atoms with Crippen LogP contribution in [-0.4, -0.2) is 88.9 Å². The normalized spacial score (nSPS) is 16.1. The highest BCUT2D eigenvalue weighted by Gasteiger charge is 2.41. The average Bonchev–Trinajstić information content (AvgIpc) is 3.43. The molecule has 1 fully saturated rings. The first-order valence-corrected chi connectivity index (χ1v) is 18.2. The number of aliphatic hydroxyl groups is 1. The number of sulfonamides is 1. The van der Waals surface area contributed by atoms with Crippen LogP contribution in [0.3, 0.4) is 0 Å². The molecule has 0 aliphatic carbocycles. The Balaban J connectivity index is 1.59. The van der Waals surface area contributed by atoms with Crippen molar-refractivity contribution in [1.82, 2.24) is 24.4 Å². The molecular weight excluding hydrogens is 644 g/mol. The highest BCUT2D eigenvalue weighted by atomic mass is 32.2. The number of hydrogen-bond donors (Lipinski definition) is 2. The minimum Gasteiger partial charge on any atom is -0.390 e. The molecule has 0 radical (unpaired) electrons. The Morgan fingerprint density at radius 1 is 0.980 bits per heavy atom. The molecule has 0 spiro atoms. The Labute approximate surface area is 289 Å². The van der Waals surface area contributed by atoms with E-state index >= 15 is 0 Å². The molecule has 0 saturated carbocycles. The molecule has 0 unspecified atom stereocenters. The largest absolute Gasteiger partial charge is 0.390 e. The number of pyridine rings is 1. The second-order valence-corrected chi connectivity index (χ2v) is 15.0. The van der Waals surface area contributed by atoms with Gasteiger partial charge in [0, 0.05) is 32.4 Å². The van der Waals surface area contributed by atoms with Crippen LogP contribution in [0.4, 0.5) is 4.79 Å². The van der Waals surface area contributed by atoms with Gasteiger partial charge in [0.25, 0.3) is 0 Å². The maximum absolute atomic E-state index is 14.2. The zero-order valence-electron chi connectivity index (χ0n) is 28.7. The van der Waals surface area contributed by atoms with Gasteiger partial charge in [0.2, 0.25) is 15.9 Å². The number of aromatic nitrogens is 1. The van der Waals surface area contributed by atoms with Gasteiger partial charge in [0.1, 0.15) is 12.6 Å². The van der Waals surface area contributed by atoms with Crippen LogP contribution in [0.15, 0.2) is 89.1 Å². The van der Waals surface area contributed by atoms with E-state index < -0.39 is 34.1 Å². The van der Waals surface area contributed by atoms with Crippen molar-refractivity contribution in [2.45, 2.75) is 76.7 Å². The summed E-state index contributed by atoms with van der Waals surface area (Å²) in [6, 6.07) is 18.9. The fraction of sp³-hybridized carbons (Fsp3) is 0.472. The first kappa shape index (κ1) is 37.6. The number of amides is 3. The van der Waals surface area contributed by atoms with Gasteiger partial charge in [-0.2, -0.15) is 9.21 Å². The molecule has 2 aromatic carbocycles. The average molecular weight is 693 g/mol. The highest BCUT2D eigenvalue weighted by Crippen LogP contribution is 2.24. The summed E-state index contributed by atoms with van der Waals surface area (Å²) < 4.78 is 29.0. The van der Waals surface area contributed by atoms with Crippen LogP contribution in [-0.2, 0) is 34.3 Å². The van der Waals surface area contributed by atoms with Crippen molar-refractivity contribution in [2.24, 2.45) is 17.0 Å². The van der Waals surface area contributed by atoms with Crippen molar-refractivity contribution in [2.75, 3.05) is 26.2 Å². The monoisotopic (exact) mass is 692 g/mol. The van der Waals surface area contributed by atoms with Crippen LogP contribution in [0, 0.1) is 16.7 Å². The molecule has 1 aliphatic rings. The Hall–Kier alpha value is -4.20. The van der Waals surface area contributed by atoms with Gasteiger partial charge in [-0.3, -0.25) is 9.78 Å². The number of carbonyl (C=O) groups is 2. The summed E-state index contributed by atoms with van der Waals surface area (Å²) in [6.45, 7) is 8.59. The Bertz CT molecular complexity index is 1620. The van der Waals surface area contributed by atoms with Gasteiger partial charge < -0.3 is 20.2 Å². The summed E-state index contributed by atoms with van der Waals surface area (Å²) >= 11 is 0. The number of hydrogen-bond acceptors (Lipinski definition) is 8. The third-order valence-corrected chi connectivity index (χ3v) is 10.7. The van der Waals surface area contributed by atoms with E-state index in [4.69, 9.17) is 0 Å². The van der Waals surface area contributed by atoms with Crippen molar-refractivity contribution in [3.05, 3.63) is 101 Å². The third-order valence-electron chi connectivity index (χ3n) is 8.85. The zero-order chi connectivity index (χ0) is 35.6. The number of nitrogens with zero attached hydrogens (tertiary/aromatic N) is 5. The maximum Gasteiger partial charge on any atom is 0.321 e. The van der Waals surface area contributed by atoms with Crippen LogP contribution in [0.2, 0.25) is 0 Å². The number of nitroso groups, excluding NO2 is 1. The second kappa shape index (κ2) is 17.5. The second-order valence-electron chi connectivity index (χ2n) is 13.1. The number of urea groups is 1. The van der Waals surface area contributed by atoms with Gasteiger partial charge in [-0.05, 0) is 53.6 Å². The molecule has 49 heavy (non-hydrogen) atoms. The summed E-state index contributed by atoms with van der Waals surface area (Å²) in [4.78, 5) is 46.2. The molecule has 2 N–H and O–H groups in total. The number of carbonyl (C=O) groups excluding carboxylic acids is 2. The molecule has 1 aromatic heterocycles. The molecule has 3 amide bonds. The molecule has 1 saturated heterocycles. The fourth-order valence-corrected chi connectivity index (χ4v) is 7.67. The molecule has 12 nitrogen and oxygen atoms in total. The maximum atomic E-state index is 14.2. The van der Waals surface area contributed by atoms with Gasteiger partial charge in [0.05, 0.1) is 29.3 Å². The molecule has 13 heteroatoms. The van der Waals surface area contributed by atoms with Gasteiger partial charge in [-0.1, -0.05) is 87.8 Å². The summed E-state index contributed by atoms with van der Waals surface area (Å²) in [6.07, 6.45) is 1.27. The quantitative estimate of drug-likeness (QED) is 0.187. The lowest BCUT2D eigenvalue weighted by molar-refractivity contribution is -0.128. The molecular formula is C36H48N6O6S. The van der Waals surface area contributed by atoms with Crippen molar-refractivity contribution in [3.63, 3.8) is 0 Å². The third kappa shape index (κ3) is 9.93. The van der Waals surface area contributed by atoms with E-state index in [0.29, 0.717) is 31.6 Å². The van der Waals surface area contributed by atoms with E-state index in [0.717, 1.165) is 11.3 Å². The van der Waals surface area contributed by atoms with Crippen LogP contribution in [0.25, 0.3) is 0 Å². The van der Waals surface area contributed by atoms with E-state index in [9.17, 15) is 28.0 Å². The number of rotatable bonds is 18. The van der Waals surface area contributed by atoms with Crippen LogP contribution >= 0.6 is 0 Å². The minimum atomic E-state index is -4.06. The number of aliphatic hydroxyl groups excluding tert-OH is 1. The molecule has 1 aliphatic heterocycles. The smallest absolute Gasteiger partial charge is 0.321 e. The first-order valence-electron chi connectivity index (χ1n) is 16.8. The predicted molar refractivity (Wildman–Crippen MR) is 188 cm³/mol. The standard InChI is InChI=1S/C36H48N6O6S/c1-5-27(4)34(42-20-19-40(36(42)45)24-30-13-9-10-18-37-30)35(44)39-32(21-28-11-7-6-8-12-28)33(43)25-41(23-26(2)3)49(47,48)31-16-14-29(15-17-31)22-38-46/h6-18,26-27,32-34,43H,5,19-25H2,1-4H3,(H,39,44)/t27-,32-,33+,34-/m0/s1. The highest BCUT2D eigenvalue weighted by molar-refractivity contribution is 7.89. The minimum absolute atomic E-state index is 0.0262. The van der Waals surface area contributed by atoms with Crippen LogP contribution in [0.1, 0.15) is 50.9 Å². The molecule has 2 heterocycles. The lowest BCUT2D eigenvalue weighted by Gasteiger charge is -2.35. The van der Waals surface area contributed by atoms with Crippen LogP contribution < -0.4 is 5.32 Å². The number of nitrogens with one attached hydrogen (secondary N) is 1. The van der Waals surface area contributed by atoms with E-state index in [-0.39, 0.29) is 48.8 Å². The van der Waals surface area contributed by atoms with Gasteiger partial charge in [-0.15, -0.1) is 0 Å². The Morgan fingerprint density at radius 2 is 1.67 bits per heavy atom. The first-order chi connectivity index (χ1) is 23.4. The van der Waals surface area contributed by atoms with E-state index in [1.807, 2.05) is 76.2 Å². The molecule has 0 bridgehead atoms. The van der Waals surface area contributed by atoms with E-state index in [1.165, 1.54) is 16.4 Å². The van der Waals surface area contributed by atoms with Gasteiger partial charge in [-0.25, -0.2) is 13.2 Å². The topological polar surface area (TPSA) is 153 Å². The van der Waals surface area contributed by atoms with Crippen molar-refractivity contribution in [3.8, 4) is 0 Å².